The molecule has 1 saturated heterocycles. The van der Waals surface area contributed by atoms with Crippen molar-refractivity contribution in [3.63, 3.8) is 0 Å². The molecule has 84 valence electrons. The number of nitrogens with zero attached hydrogens (tertiary/aromatic N) is 1. The molecule has 0 aromatic heterocycles. The number of rotatable bonds is 2. The molecule has 0 aromatic carbocycles. The van der Waals surface area contributed by atoms with Gasteiger partial charge in [0.05, 0.1) is 12.2 Å². The second-order valence-electron chi connectivity index (χ2n) is 4.17. The minimum Gasteiger partial charge on any atom is -0.465 e. The van der Waals surface area contributed by atoms with Crippen molar-refractivity contribution < 1.29 is 14.6 Å². The SMILES string of the molecule is O=C(O)N1CCC(OC2CC=CC2)CC1. The minimum atomic E-state index is -0.809. The summed E-state index contributed by atoms with van der Waals surface area (Å²) in [5.74, 6) is 0. The van der Waals surface area contributed by atoms with Crippen LogP contribution >= 0.6 is 0 Å². The molecular weight excluding hydrogens is 194 g/mol. The van der Waals surface area contributed by atoms with Gasteiger partial charge < -0.3 is 14.7 Å². The Hall–Kier alpha value is -1.03. The maximum atomic E-state index is 10.7. The summed E-state index contributed by atoms with van der Waals surface area (Å²) in [6, 6.07) is 0. The first-order chi connectivity index (χ1) is 7.25. The third-order valence-electron chi connectivity index (χ3n) is 3.06. The lowest BCUT2D eigenvalue weighted by atomic mass is 10.1. The van der Waals surface area contributed by atoms with Crippen molar-refractivity contribution in [2.45, 2.75) is 37.9 Å². The fraction of sp³-hybridized carbons (Fsp3) is 0.727. The van der Waals surface area contributed by atoms with Crippen molar-refractivity contribution in [1.29, 1.82) is 0 Å². The Morgan fingerprint density at radius 1 is 1.20 bits per heavy atom. The van der Waals surface area contributed by atoms with E-state index in [1.807, 2.05) is 0 Å². The topological polar surface area (TPSA) is 49.8 Å². The Morgan fingerprint density at radius 3 is 2.33 bits per heavy atom. The van der Waals surface area contributed by atoms with E-state index in [9.17, 15) is 4.79 Å². The van der Waals surface area contributed by atoms with E-state index in [4.69, 9.17) is 9.84 Å². The van der Waals surface area contributed by atoms with Gasteiger partial charge >= 0.3 is 6.09 Å². The van der Waals surface area contributed by atoms with Gasteiger partial charge in [-0.1, -0.05) is 12.2 Å². The average molecular weight is 211 g/mol. The van der Waals surface area contributed by atoms with Crippen LogP contribution in [0.4, 0.5) is 4.79 Å². The van der Waals surface area contributed by atoms with E-state index in [0.29, 0.717) is 19.2 Å². The van der Waals surface area contributed by atoms with E-state index in [2.05, 4.69) is 12.2 Å². The summed E-state index contributed by atoms with van der Waals surface area (Å²) in [5.41, 5.74) is 0. The van der Waals surface area contributed by atoms with Crippen molar-refractivity contribution in [2.24, 2.45) is 0 Å². The number of hydrogen-bond donors (Lipinski definition) is 1. The van der Waals surface area contributed by atoms with Crippen molar-refractivity contribution in [2.75, 3.05) is 13.1 Å². The van der Waals surface area contributed by atoms with Crippen molar-refractivity contribution in [3.8, 4) is 0 Å². The van der Waals surface area contributed by atoms with Crippen LogP contribution < -0.4 is 0 Å². The lowest BCUT2D eigenvalue weighted by Gasteiger charge is -2.31. The maximum absolute atomic E-state index is 10.7. The van der Waals surface area contributed by atoms with E-state index in [1.165, 1.54) is 4.90 Å². The van der Waals surface area contributed by atoms with Gasteiger partial charge in [0.2, 0.25) is 0 Å². The van der Waals surface area contributed by atoms with Crippen LogP contribution in [0.3, 0.4) is 0 Å². The highest BCUT2D eigenvalue weighted by atomic mass is 16.5. The van der Waals surface area contributed by atoms with E-state index in [0.717, 1.165) is 25.7 Å². The van der Waals surface area contributed by atoms with E-state index in [-0.39, 0.29) is 6.10 Å². The van der Waals surface area contributed by atoms with Crippen LogP contribution in [0, 0.1) is 0 Å². The second-order valence-corrected chi connectivity index (χ2v) is 4.17. The van der Waals surface area contributed by atoms with Gasteiger partial charge in [0.15, 0.2) is 0 Å². The summed E-state index contributed by atoms with van der Waals surface area (Å²) < 4.78 is 5.90. The van der Waals surface area contributed by atoms with Crippen molar-refractivity contribution in [3.05, 3.63) is 12.2 Å². The van der Waals surface area contributed by atoms with Gasteiger partial charge in [0.1, 0.15) is 0 Å². The zero-order chi connectivity index (χ0) is 10.7. The van der Waals surface area contributed by atoms with Crippen LogP contribution in [0.5, 0.6) is 0 Å². The molecule has 1 aliphatic carbocycles. The molecule has 15 heavy (non-hydrogen) atoms. The summed E-state index contributed by atoms with van der Waals surface area (Å²) in [6.07, 6.45) is 7.78. The molecule has 0 radical (unpaired) electrons. The Morgan fingerprint density at radius 2 is 1.80 bits per heavy atom. The number of carbonyl (C=O) groups is 1. The van der Waals surface area contributed by atoms with Gasteiger partial charge in [-0.25, -0.2) is 4.79 Å². The zero-order valence-electron chi connectivity index (χ0n) is 8.76. The molecule has 0 bridgehead atoms. The molecule has 0 aromatic rings. The van der Waals surface area contributed by atoms with Crippen LogP contribution in [-0.2, 0) is 4.74 Å². The molecule has 1 heterocycles. The van der Waals surface area contributed by atoms with Gasteiger partial charge in [-0.05, 0) is 25.7 Å². The summed E-state index contributed by atoms with van der Waals surface area (Å²) in [4.78, 5) is 12.1. The standard InChI is InChI=1S/C11H17NO3/c13-11(14)12-7-5-10(6-8-12)15-9-3-1-2-4-9/h1-2,9-10H,3-8H2,(H,13,14). The first-order valence-electron chi connectivity index (χ1n) is 5.54. The molecule has 2 aliphatic rings. The Labute approximate surface area is 89.5 Å². The normalized spacial score (nSPS) is 23.6. The molecule has 0 saturated carbocycles. The summed E-state index contributed by atoms with van der Waals surface area (Å²) in [7, 11) is 0. The van der Waals surface area contributed by atoms with Gasteiger partial charge in [-0.2, -0.15) is 0 Å². The van der Waals surface area contributed by atoms with E-state index in [1.54, 1.807) is 0 Å². The minimum absolute atomic E-state index is 0.255. The fourth-order valence-corrected chi connectivity index (χ4v) is 2.16. The molecule has 0 unspecified atom stereocenters. The number of hydrogen-bond acceptors (Lipinski definition) is 2. The summed E-state index contributed by atoms with van der Waals surface area (Å²) in [5, 5.41) is 8.78. The van der Waals surface area contributed by atoms with Crippen LogP contribution in [-0.4, -0.2) is 41.4 Å². The number of piperidine rings is 1. The average Bonchev–Trinajstić information content (AvgIpc) is 2.71. The molecule has 1 N–H and O–H groups in total. The third-order valence-corrected chi connectivity index (χ3v) is 3.06. The Bertz CT molecular complexity index is 249. The van der Waals surface area contributed by atoms with Gasteiger partial charge in [0, 0.05) is 13.1 Å². The molecule has 2 rings (SSSR count). The zero-order valence-corrected chi connectivity index (χ0v) is 8.76. The molecule has 1 amide bonds. The molecular formula is C11H17NO3. The first-order valence-corrected chi connectivity index (χ1v) is 5.54. The quantitative estimate of drug-likeness (QED) is 0.709. The lowest BCUT2D eigenvalue weighted by molar-refractivity contribution is -0.0337. The van der Waals surface area contributed by atoms with Gasteiger partial charge in [-0.3, -0.25) is 0 Å². The van der Waals surface area contributed by atoms with Crippen molar-refractivity contribution >= 4 is 6.09 Å². The molecule has 4 nitrogen and oxygen atoms in total. The number of ether oxygens (including phenoxy) is 1. The van der Waals surface area contributed by atoms with E-state index < -0.39 is 6.09 Å². The molecule has 0 spiro atoms. The molecule has 4 heteroatoms. The van der Waals surface area contributed by atoms with Crippen LogP contribution in [0.15, 0.2) is 12.2 Å². The molecule has 1 fully saturated rings. The highest BCUT2D eigenvalue weighted by Gasteiger charge is 2.25. The largest absolute Gasteiger partial charge is 0.465 e. The molecule has 1 aliphatic heterocycles. The highest BCUT2D eigenvalue weighted by Crippen LogP contribution is 2.21. The fourth-order valence-electron chi connectivity index (χ4n) is 2.16. The first kappa shape index (κ1) is 10.5. The summed E-state index contributed by atoms with van der Waals surface area (Å²) in [6.45, 7) is 1.22. The number of likely N-dealkylation sites (tertiary alicyclic amines) is 1. The van der Waals surface area contributed by atoms with Gasteiger partial charge in [0.25, 0.3) is 0 Å². The van der Waals surface area contributed by atoms with Crippen LogP contribution in [0.2, 0.25) is 0 Å². The second kappa shape index (κ2) is 4.66. The van der Waals surface area contributed by atoms with Gasteiger partial charge in [-0.15, -0.1) is 0 Å². The van der Waals surface area contributed by atoms with E-state index >= 15 is 0 Å². The van der Waals surface area contributed by atoms with Crippen molar-refractivity contribution in [1.82, 2.24) is 4.90 Å². The Kier molecular flexibility index (Phi) is 3.26. The number of amides is 1. The molecule has 0 atom stereocenters. The lowest BCUT2D eigenvalue weighted by Crippen LogP contribution is -2.40. The Balaban J connectivity index is 1.71. The number of carboxylic acid groups (broad SMARTS) is 1. The predicted octanol–water partition coefficient (Wildman–Crippen LogP) is 1.86. The van der Waals surface area contributed by atoms with Crippen LogP contribution in [0.1, 0.15) is 25.7 Å². The monoisotopic (exact) mass is 211 g/mol. The van der Waals surface area contributed by atoms with Crippen LogP contribution in [0.25, 0.3) is 0 Å². The maximum Gasteiger partial charge on any atom is 0.407 e. The highest BCUT2D eigenvalue weighted by molar-refractivity contribution is 5.64. The third kappa shape index (κ3) is 2.72. The summed E-state index contributed by atoms with van der Waals surface area (Å²) >= 11 is 0. The predicted molar refractivity (Wildman–Crippen MR) is 55.9 cm³/mol. The smallest absolute Gasteiger partial charge is 0.407 e.